The quantitative estimate of drug-likeness (QED) is 0.637. The van der Waals surface area contributed by atoms with Crippen LogP contribution >= 0.6 is 0 Å². The van der Waals surface area contributed by atoms with E-state index in [1.165, 1.54) is 70.9 Å². The van der Waals surface area contributed by atoms with E-state index in [-0.39, 0.29) is 0 Å². The van der Waals surface area contributed by atoms with Crippen molar-refractivity contribution in [3.63, 3.8) is 0 Å². The van der Waals surface area contributed by atoms with Crippen molar-refractivity contribution in [1.29, 1.82) is 0 Å². The van der Waals surface area contributed by atoms with Gasteiger partial charge in [0, 0.05) is 57.9 Å². The lowest BCUT2D eigenvalue weighted by molar-refractivity contribution is -0.134. The van der Waals surface area contributed by atoms with Gasteiger partial charge in [0.15, 0.2) is 0 Å². The summed E-state index contributed by atoms with van der Waals surface area (Å²) in [5.41, 5.74) is 0. The van der Waals surface area contributed by atoms with Crippen LogP contribution in [0.1, 0.15) is 64.7 Å². The minimum atomic E-state index is 0.368. The smallest absolute Gasteiger partial charge is 0.236 e. The molecule has 5 nitrogen and oxygen atoms in total. The molecule has 0 radical (unpaired) electrons. The van der Waals surface area contributed by atoms with Gasteiger partial charge in [-0.2, -0.15) is 0 Å². The second kappa shape index (κ2) is 9.90. The van der Waals surface area contributed by atoms with E-state index in [0.29, 0.717) is 12.5 Å². The second-order valence-corrected chi connectivity index (χ2v) is 9.80. The molecule has 0 N–H and O–H groups in total. The largest absolute Gasteiger partial charge is 0.339 e. The van der Waals surface area contributed by atoms with Gasteiger partial charge in [0.25, 0.3) is 0 Å². The third kappa shape index (κ3) is 5.48. The van der Waals surface area contributed by atoms with Crippen molar-refractivity contribution in [2.24, 2.45) is 5.92 Å². The van der Waals surface area contributed by atoms with E-state index in [0.717, 1.165) is 57.3 Å². The summed E-state index contributed by atoms with van der Waals surface area (Å²) in [6, 6.07) is 1.56. The van der Waals surface area contributed by atoms with Crippen LogP contribution < -0.4 is 0 Å². The number of likely N-dealkylation sites (tertiary alicyclic amines) is 1. The van der Waals surface area contributed by atoms with Crippen LogP contribution in [0, 0.1) is 5.92 Å². The van der Waals surface area contributed by atoms with E-state index in [1.54, 1.807) is 0 Å². The number of piperidine rings is 1. The molecule has 2 saturated heterocycles. The van der Waals surface area contributed by atoms with Gasteiger partial charge in [-0.15, -0.1) is 0 Å². The highest BCUT2D eigenvalue weighted by Crippen LogP contribution is 2.31. The number of piperazine rings is 1. The predicted molar refractivity (Wildman–Crippen MR) is 114 cm³/mol. The van der Waals surface area contributed by atoms with Crippen molar-refractivity contribution in [3.05, 3.63) is 0 Å². The molecule has 4 rings (SSSR count). The van der Waals surface area contributed by atoms with Gasteiger partial charge in [-0.05, 0) is 57.4 Å². The first-order chi connectivity index (χ1) is 13.7. The maximum atomic E-state index is 12.8. The van der Waals surface area contributed by atoms with Crippen molar-refractivity contribution in [2.75, 3.05) is 58.9 Å². The zero-order valence-electron chi connectivity index (χ0n) is 18.2. The van der Waals surface area contributed by atoms with E-state index in [4.69, 9.17) is 0 Å². The number of nitrogens with zero attached hydrogens (tertiary/aromatic N) is 4. The first kappa shape index (κ1) is 20.6. The molecule has 2 aliphatic carbocycles. The molecule has 1 amide bonds. The average Bonchev–Trinajstić information content (AvgIpc) is 3.37. The van der Waals surface area contributed by atoms with Gasteiger partial charge in [0.1, 0.15) is 0 Å². The summed E-state index contributed by atoms with van der Waals surface area (Å²) in [6.07, 6.45) is 12.2. The van der Waals surface area contributed by atoms with E-state index in [2.05, 4.69) is 26.5 Å². The highest BCUT2D eigenvalue weighted by atomic mass is 16.2. The third-order valence-electron chi connectivity index (χ3n) is 7.64. The minimum absolute atomic E-state index is 0.368. The van der Waals surface area contributed by atoms with Gasteiger partial charge in [0.2, 0.25) is 5.91 Å². The Kier molecular flexibility index (Phi) is 7.29. The average molecular weight is 391 g/mol. The molecule has 0 aromatic carbocycles. The number of carbonyl (C=O) groups excluding carboxylic acids is 1. The van der Waals surface area contributed by atoms with Crippen LogP contribution in [0.3, 0.4) is 0 Å². The number of amides is 1. The Morgan fingerprint density at radius 1 is 0.893 bits per heavy atom. The molecule has 28 heavy (non-hydrogen) atoms. The Labute approximate surface area is 172 Å². The number of hydrogen-bond donors (Lipinski definition) is 0. The molecule has 2 heterocycles. The monoisotopic (exact) mass is 390 g/mol. The topological polar surface area (TPSA) is 30.0 Å². The summed E-state index contributed by atoms with van der Waals surface area (Å²) in [4.78, 5) is 22.8. The molecule has 0 aromatic rings. The van der Waals surface area contributed by atoms with Crippen molar-refractivity contribution in [3.8, 4) is 0 Å². The molecule has 0 unspecified atom stereocenters. The van der Waals surface area contributed by atoms with E-state index >= 15 is 0 Å². The molecule has 160 valence electrons. The lowest BCUT2D eigenvalue weighted by Gasteiger charge is -2.40. The Morgan fingerprint density at radius 3 is 2.18 bits per heavy atom. The zero-order chi connectivity index (χ0) is 19.3. The van der Waals surface area contributed by atoms with Gasteiger partial charge in [-0.25, -0.2) is 0 Å². The Morgan fingerprint density at radius 2 is 1.57 bits per heavy atom. The lowest BCUT2D eigenvalue weighted by Crippen LogP contribution is -2.54. The number of carbonyl (C=O) groups is 1. The van der Waals surface area contributed by atoms with Crippen LogP contribution in [0.5, 0.6) is 0 Å². The summed E-state index contributed by atoms with van der Waals surface area (Å²) in [5.74, 6) is 1.35. The molecule has 2 saturated carbocycles. The fourth-order valence-corrected chi connectivity index (χ4v) is 5.68. The SMILES string of the molecule is CCCN(CC1CC1)C1CCN(CC(=O)N2CCN(C3CCCC3)CC2)CC1. The van der Waals surface area contributed by atoms with Gasteiger partial charge in [0.05, 0.1) is 6.54 Å². The zero-order valence-corrected chi connectivity index (χ0v) is 18.2. The van der Waals surface area contributed by atoms with Gasteiger partial charge >= 0.3 is 0 Å². The van der Waals surface area contributed by atoms with Gasteiger partial charge in [-0.3, -0.25) is 14.6 Å². The molecule has 5 heteroatoms. The van der Waals surface area contributed by atoms with Crippen molar-refractivity contribution >= 4 is 5.91 Å². The molecule has 0 aromatic heterocycles. The van der Waals surface area contributed by atoms with E-state index in [1.807, 2.05) is 0 Å². The first-order valence-electron chi connectivity index (χ1n) is 12.2. The fourth-order valence-electron chi connectivity index (χ4n) is 5.68. The van der Waals surface area contributed by atoms with Crippen LogP contribution in [0.4, 0.5) is 0 Å². The summed E-state index contributed by atoms with van der Waals surface area (Å²) in [7, 11) is 0. The molecule has 2 aliphatic heterocycles. The Bertz CT molecular complexity index is 487. The molecule has 4 fully saturated rings. The fraction of sp³-hybridized carbons (Fsp3) is 0.957. The normalized spacial score (nSPS) is 26.4. The third-order valence-corrected chi connectivity index (χ3v) is 7.64. The lowest BCUT2D eigenvalue weighted by atomic mass is 10.0. The summed E-state index contributed by atoms with van der Waals surface area (Å²) in [5, 5.41) is 0. The predicted octanol–water partition coefficient (Wildman–Crippen LogP) is 2.66. The van der Waals surface area contributed by atoms with Crippen LogP contribution in [0.2, 0.25) is 0 Å². The van der Waals surface area contributed by atoms with Crippen LogP contribution in [0.15, 0.2) is 0 Å². The summed E-state index contributed by atoms with van der Waals surface area (Å²) >= 11 is 0. The van der Waals surface area contributed by atoms with Crippen molar-refractivity contribution in [1.82, 2.24) is 19.6 Å². The molecule has 0 bridgehead atoms. The Hall–Kier alpha value is -0.650. The molecule has 0 spiro atoms. The minimum Gasteiger partial charge on any atom is -0.339 e. The van der Waals surface area contributed by atoms with Crippen LogP contribution in [0.25, 0.3) is 0 Å². The van der Waals surface area contributed by atoms with Crippen molar-refractivity contribution < 1.29 is 4.79 Å². The Balaban J connectivity index is 1.16. The summed E-state index contributed by atoms with van der Waals surface area (Å²) in [6.45, 7) is 11.8. The van der Waals surface area contributed by atoms with Crippen LogP contribution in [-0.2, 0) is 4.79 Å². The van der Waals surface area contributed by atoms with Crippen LogP contribution in [-0.4, -0.2) is 96.5 Å². The maximum absolute atomic E-state index is 12.8. The first-order valence-corrected chi connectivity index (χ1v) is 12.2. The number of hydrogen-bond acceptors (Lipinski definition) is 4. The molecular weight excluding hydrogens is 348 g/mol. The van der Waals surface area contributed by atoms with Crippen molar-refractivity contribution in [2.45, 2.75) is 76.8 Å². The highest BCUT2D eigenvalue weighted by Gasteiger charge is 2.32. The van der Waals surface area contributed by atoms with Gasteiger partial charge < -0.3 is 9.80 Å². The molecule has 4 aliphatic rings. The van der Waals surface area contributed by atoms with E-state index in [9.17, 15) is 4.79 Å². The number of rotatable bonds is 8. The van der Waals surface area contributed by atoms with Gasteiger partial charge in [-0.1, -0.05) is 19.8 Å². The standard InChI is InChI=1S/C23H42N4O/c1-2-11-27(18-20-7-8-20)22-9-12-24(13-10-22)19-23(28)26-16-14-25(15-17-26)21-5-3-4-6-21/h20-22H,2-19H2,1H3. The molecular formula is C23H42N4O. The molecule has 0 atom stereocenters. The van der Waals surface area contributed by atoms with E-state index < -0.39 is 0 Å². The maximum Gasteiger partial charge on any atom is 0.236 e. The highest BCUT2D eigenvalue weighted by molar-refractivity contribution is 5.78. The second-order valence-electron chi connectivity index (χ2n) is 9.80. The summed E-state index contributed by atoms with van der Waals surface area (Å²) < 4.78 is 0.